The maximum Gasteiger partial charge on any atom is 0.328 e. The molecule has 2 N–H and O–H groups in total. The van der Waals surface area contributed by atoms with E-state index < -0.39 is 12.0 Å². The van der Waals surface area contributed by atoms with Crippen molar-refractivity contribution in [2.24, 2.45) is 4.99 Å². The number of aliphatic carboxylic acids is 1. The second kappa shape index (κ2) is 13.5. The lowest BCUT2D eigenvalue weighted by Gasteiger charge is -2.24. The largest absolute Gasteiger partial charge is 0.480 e. The molecule has 4 rings (SSSR count). The summed E-state index contributed by atoms with van der Waals surface area (Å²) in [6.45, 7) is 3.61. The van der Waals surface area contributed by atoms with E-state index in [1.54, 1.807) is 0 Å². The molecule has 0 spiro atoms. The van der Waals surface area contributed by atoms with Crippen LogP contribution in [0.25, 0.3) is 0 Å². The molecule has 0 bridgehead atoms. The number of carbonyl (C=O) groups is 2. The highest BCUT2D eigenvalue weighted by Crippen LogP contribution is 2.25. The van der Waals surface area contributed by atoms with E-state index in [0.717, 1.165) is 37.9 Å². The Hall–Kier alpha value is -4.03. The smallest absolute Gasteiger partial charge is 0.328 e. The van der Waals surface area contributed by atoms with Crippen molar-refractivity contribution in [3.05, 3.63) is 114 Å². The van der Waals surface area contributed by atoms with Crippen molar-refractivity contribution in [3.63, 3.8) is 0 Å². The van der Waals surface area contributed by atoms with Gasteiger partial charge in [-0.3, -0.25) is 14.7 Å². The number of allylic oxidation sites excluding steroid dienone is 1. The van der Waals surface area contributed by atoms with Crippen LogP contribution in [-0.4, -0.2) is 46.2 Å². The summed E-state index contributed by atoms with van der Waals surface area (Å²) < 4.78 is 0. The Morgan fingerprint density at radius 3 is 2.39 bits per heavy atom. The van der Waals surface area contributed by atoms with Gasteiger partial charge in [0.2, 0.25) is 5.91 Å². The molecule has 1 heterocycles. The van der Waals surface area contributed by atoms with Gasteiger partial charge in [0.15, 0.2) is 6.04 Å². The van der Waals surface area contributed by atoms with E-state index in [-0.39, 0.29) is 11.9 Å². The van der Waals surface area contributed by atoms with Gasteiger partial charge < -0.3 is 10.4 Å². The normalized spacial score (nSPS) is 17.0. The van der Waals surface area contributed by atoms with Crippen LogP contribution < -0.4 is 5.32 Å². The van der Waals surface area contributed by atoms with E-state index >= 15 is 0 Å². The SMILES string of the molecule is CC/C=C/C[C@@H](N=C(c1ccccc1)c1ccccc1NC(=O)C1CCCN1Cc1ccccc1)C(=O)O. The second-order valence-corrected chi connectivity index (χ2v) is 9.46. The second-order valence-electron chi connectivity index (χ2n) is 9.46. The molecule has 0 saturated carbocycles. The zero-order valence-electron chi connectivity index (χ0n) is 21.8. The van der Waals surface area contributed by atoms with Crippen LogP contribution in [0.3, 0.4) is 0 Å². The molecule has 2 atom stereocenters. The number of carboxylic acids is 1. The Bertz CT molecular complexity index is 1270. The summed E-state index contributed by atoms with van der Waals surface area (Å²) in [7, 11) is 0. The van der Waals surface area contributed by atoms with Gasteiger partial charge >= 0.3 is 5.97 Å². The lowest BCUT2D eigenvalue weighted by molar-refractivity contribution is -0.138. The van der Waals surface area contributed by atoms with E-state index in [1.807, 2.05) is 91.9 Å². The number of para-hydroxylation sites is 1. The van der Waals surface area contributed by atoms with Gasteiger partial charge in [0.05, 0.1) is 17.4 Å². The van der Waals surface area contributed by atoms with Gasteiger partial charge in [-0.2, -0.15) is 0 Å². The van der Waals surface area contributed by atoms with E-state index in [1.165, 1.54) is 5.56 Å². The molecule has 0 aromatic heterocycles. The standard InChI is InChI=1S/C32H35N3O3/c1-2-3-6-20-28(32(37)38)33-30(25-16-9-5-10-17-25)26-18-11-12-19-27(26)34-31(36)29-21-13-22-35(29)23-24-14-7-4-8-15-24/h3-12,14-19,28-29H,2,13,20-23H2,1H3,(H,34,36)(H,37,38)/b6-3+,33-30?/t28-,29?/m1/s1. The van der Waals surface area contributed by atoms with Gasteiger partial charge in [-0.1, -0.05) is 97.9 Å². The minimum absolute atomic E-state index is 0.0565. The molecule has 1 saturated heterocycles. The number of hydrogen-bond donors (Lipinski definition) is 2. The number of nitrogens with zero attached hydrogens (tertiary/aromatic N) is 2. The maximum absolute atomic E-state index is 13.5. The summed E-state index contributed by atoms with van der Waals surface area (Å²) in [5, 5.41) is 13.1. The zero-order chi connectivity index (χ0) is 26.7. The zero-order valence-corrected chi connectivity index (χ0v) is 21.8. The Morgan fingerprint density at radius 1 is 1.00 bits per heavy atom. The number of anilines is 1. The van der Waals surface area contributed by atoms with Crippen LogP contribution in [0.2, 0.25) is 0 Å². The van der Waals surface area contributed by atoms with Crippen LogP contribution in [0.15, 0.2) is 102 Å². The average Bonchev–Trinajstić information content (AvgIpc) is 3.40. The molecule has 1 unspecified atom stereocenters. The Labute approximate surface area is 224 Å². The van der Waals surface area contributed by atoms with Crippen LogP contribution in [-0.2, 0) is 16.1 Å². The van der Waals surface area contributed by atoms with E-state index in [0.29, 0.717) is 23.4 Å². The third-order valence-corrected chi connectivity index (χ3v) is 6.71. The van der Waals surface area contributed by atoms with Crippen molar-refractivity contribution >= 4 is 23.3 Å². The number of aliphatic imine (C=N–C) groups is 1. The number of likely N-dealkylation sites (tertiary alicyclic amines) is 1. The highest BCUT2D eigenvalue weighted by Gasteiger charge is 2.31. The number of carbonyl (C=O) groups excluding carboxylic acids is 1. The Morgan fingerprint density at radius 2 is 1.68 bits per heavy atom. The van der Waals surface area contributed by atoms with Gasteiger partial charge in [-0.15, -0.1) is 0 Å². The van der Waals surface area contributed by atoms with Crippen molar-refractivity contribution in [1.82, 2.24) is 4.90 Å². The fourth-order valence-corrected chi connectivity index (χ4v) is 4.80. The predicted octanol–water partition coefficient (Wildman–Crippen LogP) is 5.94. The summed E-state index contributed by atoms with van der Waals surface area (Å²) in [5.41, 5.74) is 3.85. The summed E-state index contributed by atoms with van der Waals surface area (Å²) in [5.74, 6) is -1.04. The molecule has 1 fully saturated rings. The van der Waals surface area contributed by atoms with Gasteiger partial charge in [-0.05, 0) is 43.9 Å². The molecular formula is C32H35N3O3. The molecule has 196 valence electrons. The first-order valence-electron chi connectivity index (χ1n) is 13.3. The average molecular weight is 510 g/mol. The minimum Gasteiger partial charge on any atom is -0.480 e. The molecule has 38 heavy (non-hydrogen) atoms. The van der Waals surface area contributed by atoms with Gasteiger partial charge in [0.1, 0.15) is 0 Å². The topological polar surface area (TPSA) is 82.0 Å². The third kappa shape index (κ3) is 7.05. The van der Waals surface area contributed by atoms with Crippen LogP contribution in [0.1, 0.15) is 49.3 Å². The minimum atomic E-state index is -0.983. The summed E-state index contributed by atoms with van der Waals surface area (Å²) in [6, 6.07) is 26.1. The molecule has 1 aliphatic rings. The molecule has 6 heteroatoms. The quantitative estimate of drug-likeness (QED) is 0.248. The molecular weight excluding hydrogens is 474 g/mol. The summed E-state index contributed by atoms with van der Waals surface area (Å²) in [6.07, 6.45) is 6.70. The fraction of sp³-hybridized carbons (Fsp3) is 0.281. The van der Waals surface area contributed by atoms with Gasteiger partial charge in [-0.25, -0.2) is 4.79 Å². The molecule has 3 aromatic rings. The molecule has 1 aliphatic heterocycles. The maximum atomic E-state index is 13.5. The molecule has 6 nitrogen and oxygen atoms in total. The fourth-order valence-electron chi connectivity index (χ4n) is 4.80. The van der Waals surface area contributed by atoms with Crippen molar-refractivity contribution < 1.29 is 14.7 Å². The monoisotopic (exact) mass is 509 g/mol. The van der Waals surface area contributed by atoms with E-state index in [4.69, 9.17) is 4.99 Å². The number of benzene rings is 3. The van der Waals surface area contributed by atoms with Crippen LogP contribution in [0.4, 0.5) is 5.69 Å². The molecule has 0 radical (unpaired) electrons. The number of amides is 1. The van der Waals surface area contributed by atoms with Gasteiger partial charge in [0, 0.05) is 17.7 Å². The highest BCUT2D eigenvalue weighted by atomic mass is 16.4. The molecule has 3 aromatic carbocycles. The van der Waals surface area contributed by atoms with Crippen LogP contribution >= 0.6 is 0 Å². The third-order valence-electron chi connectivity index (χ3n) is 6.71. The first kappa shape index (κ1) is 27.0. The molecule has 0 aliphatic carbocycles. The first-order valence-corrected chi connectivity index (χ1v) is 13.3. The van der Waals surface area contributed by atoms with Crippen LogP contribution in [0.5, 0.6) is 0 Å². The van der Waals surface area contributed by atoms with Crippen molar-refractivity contribution in [3.8, 4) is 0 Å². The lowest BCUT2D eigenvalue weighted by atomic mass is 9.99. The summed E-state index contributed by atoms with van der Waals surface area (Å²) >= 11 is 0. The predicted molar refractivity (Wildman–Crippen MR) is 152 cm³/mol. The van der Waals surface area contributed by atoms with E-state index in [9.17, 15) is 14.7 Å². The van der Waals surface area contributed by atoms with E-state index in [2.05, 4.69) is 22.3 Å². The summed E-state index contributed by atoms with van der Waals surface area (Å²) in [4.78, 5) is 32.6. The Balaban J connectivity index is 1.64. The molecule has 1 amide bonds. The van der Waals surface area contributed by atoms with Crippen molar-refractivity contribution in [2.45, 2.75) is 51.2 Å². The number of carboxylic acid groups (broad SMARTS) is 1. The van der Waals surface area contributed by atoms with Gasteiger partial charge in [0.25, 0.3) is 0 Å². The van der Waals surface area contributed by atoms with Crippen molar-refractivity contribution in [2.75, 3.05) is 11.9 Å². The highest BCUT2D eigenvalue weighted by molar-refractivity contribution is 6.17. The first-order chi connectivity index (χ1) is 18.6. The van der Waals surface area contributed by atoms with Crippen molar-refractivity contribution in [1.29, 1.82) is 0 Å². The lowest BCUT2D eigenvalue weighted by Crippen LogP contribution is -2.39. The van der Waals surface area contributed by atoms with Crippen LogP contribution in [0, 0.1) is 0 Å². The number of hydrogen-bond acceptors (Lipinski definition) is 4. The number of rotatable bonds is 11. The number of nitrogens with one attached hydrogen (secondary N) is 1. The Kier molecular flexibility index (Phi) is 9.59.